The smallest absolute Gasteiger partial charge is 0.338 e. The molecule has 2 aromatic rings. The molecule has 0 unspecified atom stereocenters. The number of carbonyl (C=O) groups is 2. The molecule has 0 saturated carbocycles. The number of aryl methyl sites for hydroxylation is 2. The molecule has 1 aromatic heterocycles. The van der Waals surface area contributed by atoms with Crippen LogP contribution in [0, 0.1) is 0 Å². The molecule has 1 saturated heterocycles. The van der Waals surface area contributed by atoms with E-state index in [4.69, 9.17) is 4.74 Å². The zero-order valence-corrected chi connectivity index (χ0v) is 15.3. The van der Waals surface area contributed by atoms with Crippen LogP contribution in [0.1, 0.15) is 60.6 Å². The summed E-state index contributed by atoms with van der Waals surface area (Å²) in [6.07, 6.45) is 7.74. The molecule has 0 bridgehead atoms. The standard InChI is InChI=1S/C21H26N2O3/c1-14-6-4-5-11-23(14)20(24)13-26-21(25)15-9-10-19-17(12-15)16-7-2-3-8-18(16)22-19/h9-10,12,14,22H,2-8,11,13H2,1H3/t14-/m0/s1. The summed E-state index contributed by atoms with van der Waals surface area (Å²) in [4.78, 5) is 30.1. The second-order valence-electron chi connectivity index (χ2n) is 7.56. The highest BCUT2D eigenvalue weighted by atomic mass is 16.5. The van der Waals surface area contributed by atoms with E-state index in [-0.39, 0.29) is 18.6 Å². The third kappa shape index (κ3) is 3.22. The molecular weight excluding hydrogens is 328 g/mol. The first-order valence-corrected chi connectivity index (χ1v) is 9.73. The molecule has 0 spiro atoms. The fourth-order valence-corrected chi connectivity index (χ4v) is 4.30. The van der Waals surface area contributed by atoms with E-state index in [1.54, 1.807) is 6.07 Å². The van der Waals surface area contributed by atoms with Gasteiger partial charge in [-0.1, -0.05) is 0 Å². The number of aromatic nitrogens is 1. The molecule has 1 amide bonds. The molecule has 1 aliphatic carbocycles. The number of piperidine rings is 1. The van der Waals surface area contributed by atoms with Crippen LogP contribution in [-0.2, 0) is 22.4 Å². The van der Waals surface area contributed by atoms with Gasteiger partial charge in [0.25, 0.3) is 5.91 Å². The Morgan fingerprint density at radius 3 is 2.88 bits per heavy atom. The molecule has 4 rings (SSSR count). The fourth-order valence-electron chi connectivity index (χ4n) is 4.30. The fraction of sp³-hybridized carbons (Fsp3) is 0.524. The van der Waals surface area contributed by atoms with E-state index in [1.807, 2.05) is 17.0 Å². The monoisotopic (exact) mass is 354 g/mol. The van der Waals surface area contributed by atoms with Crippen LogP contribution in [0.25, 0.3) is 10.9 Å². The van der Waals surface area contributed by atoms with Gasteiger partial charge in [-0.2, -0.15) is 0 Å². The lowest BCUT2D eigenvalue weighted by atomic mass is 9.95. The van der Waals surface area contributed by atoms with E-state index in [9.17, 15) is 9.59 Å². The van der Waals surface area contributed by atoms with Crippen LogP contribution in [0.5, 0.6) is 0 Å². The number of fused-ring (bicyclic) bond motifs is 3. The summed E-state index contributed by atoms with van der Waals surface area (Å²) in [5, 5.41) is 1.12. The van der Waals surface area contributed by atoms with Gasteiger partial charge in [-0.15, -0.1) is 0 Å². The highest BCUT2D eigenvalue weighted by molar-refractivity contribution is 5.97. The molecule has 26 heavy (non-hydrogen) atoms. The highest BCUT2D eigenvalue weighted by Crippen LogP contribution is 2.29. The number of H-pyrrole nitrogens is 1. The van der Waals surface area contributed by atoms with Crippen LogP contribution >= 0.6 is 0 Å². The summed E-state index contributed by atoms with van der Waals surface area (Å²) >= 11 is 0. The van der Waals surface area contributed by atoms with Crippen molar-refractivity contribution in [1.82, 2.24) is 9.88 Å². The quantitative estimate of drug-likeness (QED) is 0.857. The second kappa shape index (κ2) is 7.14. The molecule has 2 heterocycles. The zero-order chi connectivity index (χ0) is 18.1. The molecule has 1 fully saturated rings. The van der Waals surface area contributed by atoms with Gasteiger partial charge < -0.3 is 14.6 Å². The van der Waals surface area contributed by atoms with Crippen LogP contribution in [-0.4, -0.2) is 41.0 Å². The zero-order valence-electron chi connectivity index (χ0n) is 15.3. The van der Waals surface area contributed by atoms with Gasteiger partial charge in [-0.25, -0.2) is 4.79 Å². The topological polar surface area (TPSA) is 62.4 Å². The largest absolute Gasteiger partial charge is 0.452 e. The number of esters is 1. The number of benzene rings is 1. The molecule has 1 N–H and O–H groups in total. The molecule has 1 aromatic carbocycles. The molecule has 2 aliphatic rings. The average molecular weight is 354 g/mol. The van der Waals surface area contributed by atoms with Crippen molar-refractivity contribution >= 4 is 22.8 Å². The van der Waals surface area contributed by atoms with Gasteiger partial charge >= 0.3 is 5.97 Å². The van der Waals surface area contributed by atoms with E-state index in [0.29, 0.717) is 5.56 Å². The van der Waals surface area contributed by atoms with Crippen molar-refractivity contribution in [2.45, 2.75) is 57.9 Å². The Labute approximate surface area is 153 Å². The minimum Gasteiger partial charge on any atom is -0.452 e. The van der Waals surface area contributed by atoms with Gasteiger partial charge in [0.2, 0.25) is 0 Å². The SMILES string of the molecule is C[C@H]1CCCCN1C(=O)COC(=O)c1ccc2[nH]c3c(c2c1)CCCC3. The highest BCUT2D eigenvalue weighted by Gasteiger charge is 2.24. The Morgan fingerprint density at radius 1 is 1.19 bits per heavy atom. The predicted octanol–water partition coefficient (Wildman–Crippen LogP) is 3.60. The third-order valence-electron chi connectivity index (χ3n) is 5.78. The van der Waals surface area contributed by atoms with Gasteiger partial charge in [-0.3, -0.25) is 4.79 Å². The maximum absolute atomic E-state index is 12.4. The first-order valence-electron chi connectivity index (χ1n) is 9.73. The third-order valence-corrected chi connectivity index (χ3v) is 5.78. The summed E-state index contributed by atoms with van der Waals surface area (Å²) < 4.78 is 5.32. The van der Waals surface area contributed by atoms with Gasteiger partial charge in [-0.05, 0) is 75.6 Å². The summed E-state index contributed by atoms with van der Waals surface area (Å²) in [5.74, 6) is -0.513. The number of nitrogens with one attached hydrogen (secondary N) is 1. The van der Waals surface area contributed by atoms with Crippen molar-refractivity contribution in [1.29, 1.82) is 0 Å². The maximum Gasteiger partial charge on any atom is 0.338 e. The van der Waals surface area contributed by atoms with Crippen molar-refractivity contribution in [3.05, 3.63) is 35.0 Å². The lowest BCUT2D eigenvalue weighted by Gasteiger charge is -2.33. The van der Waals surface area contributed by atoms with E-state index in [0.717, 1.165) is 49.6 Å². The van der Waals surface area contributed by atoms with Crippen molar-refractivity contribution in [2.75, 3.05) is 13.2 Å². The molecule has 0 radical (unpaired) electrons. The van der Waals surface area contributed by atoms with Crippen LogP contribution in [0.3, 0.4) is 0 Å². The second-order valence-corrected chi connectivity index (χ2v) is 7.56. The van der Waals surface area contributed by atoms with Gasteiger partial charge in [0, 0.05) is 29.2 Å². The minimum atomic E-state index is -0.421. The van der Waals surface area contributed by atoms with Crippen molar-refractivity contribution in [3.63, 3.8) is 0 Å². The Morgan fingerprint density at radius 2 is 2.04 bits per heavy atom. The van der Waals surface area contributed by atoms with E-state index in [1.165, 1.54) is 24.1 Å². The molecular formula is C21H26N2O3. The summed E-state index contributed by atoms with van der Waals surface area (Å²) in [6, 6.07) is 5.86. The number of aromatic amines is 1. The lowest BCUT2D eigenvalue weighted by molar-refractivity contribution is -0.137. The summed E-state index contributed by atoms with van der Waals surface area (Å²) in [5.41, 5.74) is 4.22. The normalized spacial score (nSPS) is 20.0. The maximum atomic E-state index is 12.4. The molecule has 1 aliphatic heterocycles. The predicted molar refractivity (Wildman–Crippen MR) is 100 cm³/mol. The minimum absolute atomic E-state index is 0.0920. The lowest BCUT2D eigenvalue weighted by Crippen LogP contribution is -2.44. The van der Waals surface area contributed by atoms with Gasteiger partial charge in [0.1, 0.15) is 0 Å². The van der Waals surface area contributed by atoms with Crippen LogP contribution in [0.2, 0.25) is 0 Å². The Hall–Kier alpha value is -2.30. The number of carbonyl (C=O) groups excluding carboxylic acids is 2. The van der Waals surface area contributed by atoms with Crippen LogP contribution in [0.15, 0.2) is 18.2 Å². The number of likely N-dealkylation sites (tertiary alicyclic amines) is 1. The first kappa shape index (κ1) is 17.1. The van der Waals surface area contributed by atoms with Crippen LogP contribution in [0.4, 0.5) is 0 Å². The Balaban J connectivity index is 1.45. The Bertz CT molecular complexity index is 839. The number of rotatable bonds is 3. The number of amides is 1. The van der Waals surface area contributed by atoms with Gasteiger partial charge in [0.05, 0.1) is 5.56 Å². The van der Waals surface area contributed by atoms with Gasteiger partial charge in [0.15, 0.2) is 6.61 Å². The van der Waals surface area contributed by atoms with Crippen molar-refractivity contribution in [3.8, 4) is 0 Å². The van der Waals surface area contributed by atoms with E-state index >= 15 is 0 Å². The summed E-state index contributed by atoms with van der Waals surface area (Å²) in [7, 11) is 0. The molecule has 5 heteroatoms. The Kier molecular flexibility index (Phi) is 4.70. The van der Waals surface area contributed by atoms with E-state index in [2.05, 4.69) is 11.9 Å². The average Bonchev–Trinajstić information content (AvgIpc) is 3.04. The molecule has 138 valence electrons. The number of nitrogens with zero attached hydrogens (tertiary/aromatic N) is 1. The van der Waals surface area contributed by atoms with Crippen LogP contribution < -0.4 is 0 Å². The molecule has 5 nitrogen and oxygen atoms in total. The van der Waals surface area contributed by atoms with Crippen molar-refractivity contribution in [2.24, 2.45) is 0 Å². The molecule has 1 atom stereocenters. The van der Waals surface area contributed by atoms with E-state index < -0.39 is 5.97 Å². The van der Waals surface area contributed by atoms with Crippen molar-refractivity contribution < 1.29 is 14.3 Å². The first-order chi connectivity index (χ1) is 12.6. The number of hydrogen-bond acceptors (Lipinski definition) is 3. The summed E-state index contributed by atoms with van der Waals surface area (Å²) in [6.45, 7) is 2.65. The number of hydrogen-bond donors (Lipinski definition) is 1. The number of ether oxygens (including phenoxy) is 1.